The summed E-state index contributed by atoms with van der Waals surface area (Å²) >= 11 is 0. The molecule has 2 aromatic rings. The molecule has 0 amide bonds. The summed E-state index contributed by atoms with van der Waals surface area (Å²) in [5, 5.41) is 0.997. The molecule has 0 saturated heterocycles. The molecule has 0 aliphatic heterocycles. The van der Waals surface area contributed by atoms with Crippen LogP contribution in [0.25, 0.3) is 10.8 Å². The number of halogens is 2. The number of ether oxygens (including phenoxy) is 1. The monoisotopic (exact) mass is 306 g/mol. The molecule has 1 unspecified atom stereocenters. The Balaban J connectivity index is 2.15. The molecule has 1 atom stereocenters. The molecule has 0 aromatic heterocycles. The van der Waals surface area contributed by atoms with E-state index in [1.54, 1.807) is 12.1 Å². The molecule has 0 spiro atoms. The van der Waals surface area contributed by atoms with Crippen molar-refractivity contribution in [3.05, 3.63) is 41.5 Å². The first-order valence-corrected chi connectivity index (χ1v) is 8.01. The van der Waals surface area contributed by atoms with E-state index in [1.165, 1.54) is 26.4 Å². The maximum atomic E-state index is 14.1. The van der Waals surface area contributed by atoms with Crippen LogP contribution in [0.1, 0.15) is 45.1 Å². The van der Waals surface area contributed by atoms with E-state index in [0.717, 1.165) is 24.3 Å². The summed E-state index contributed by atoms with van der Waals surface area (Å²) in [6.07, 6.45) is 5.61. The van der Waals surface area contributed by atoms with Gasteiger partial charge in [-0.25, -0.2) is 4.39 Å². The van der Waals surface area contributed by atoms with Crippen molar-refractivity contribution < 1.29 is 13.5 Å². The Morgan fingerprint density at radius 3 is 2.55 bits per heavy atom. The van der Waals surface area contributed by atoms with E-state index in [-0.39, 0.29) is 5.75 Å². The third-order valence-electron chi connectivity index (χ3n) is 4.21. The van der Waals surface area contributed by atoms with Crippen molar-refractivity contribution in [2.24, 2.45) is 5.92 Å². The van der Waals surface area contributed by atoms with Crippen molar-refractivity contribution in [3.8, 4) is 5.75 Å². The van der Waals surface area contributed by atoms with Gasteiger partial charge in [-0.2, -0.15) is 4.39 Å². The number of aryl methyl sites for hydroxylation is 1. The van der Waals surface area contributed by atoms with Crippen LogP contribution in [0.3, 0.4) is 0 Å². The number of methoxy groups -OCH3 is 1. The lowest BCUT2D eigenvalue weighted by molar-refractivity contribution is 0.374. The topological polar surface area (TPSA) is 9.23 Å². The zero-order valence-electron chi connectivity index (χ0n) is 13.6. The number of fused-ring (bicyclic) bond motifs is 1. The second kappa shape index (κ2) is 7.57. The van der Waals surface area contributed by atoms with Crippen molar-refractivity contribution in [2.75, 3.05) is 7.11 Å². The average molecular weight is 306 g/mol. The molecule has 0 radical (unpaired) electrons. The summed E-state index contributed by atoms with van der Waals surface area (Å²) in [7, 11) is 1.34. The predicted octanol–water partition coefficient (Wildman–Crippen LogP) is 5.89. The third-order valence-corrected chi connectivity index (χ3v) is 4.21. The van der Waals surface area contributed by atoms with Crippen LogP contribution in [-0.2, 0) is 6.42 Å². The molecule has 0 aliphatic rings. The zero-order chi connectivity index (χ0) is 16.1. The maximum absolute atomic E-state index is 14.1. The fourth-order valence-electron chi connectivity index (χ4n) is 2.95. The molecule has 120 valence electrons. The second-order valence-corrected chi connectivity index (χ2v) is 6.05. The van der Waals surface area contributed by atoms with Crippen LogP contribution < -0.4 is 4.74 Å². The summed E-state index contributed by atoms with van der Waals surface area (Å²) in [5.41, 5.74) is 1.06. The predicted molar refractivity (Wildman–Crippen MR) is 87.4 cm³/mol. The average Bonchev–Trinajstić information content (AvgIpc) is 2.51. The molecule has 0 heterocycles. The highest BCUT2D eigenvalue weighted by Crippen LogP contribution is 2.29. The van der Waals surface area contributed by atoms with E-state index in [0.29, 0.717) is 10.8 Å². The minimum Gasteiger partial charge on any atom is -0.494 e. The van der Waals surface area contributed by atoms with Gasteiger partial charge in [0.25, 0.3) is 0 Å². The fraction of sp³-hybridized carbons (Fsp3) is 0.474. The van der Waals surface area contributed by atoms with Gasteiger partial charge in [-0.05, 0) is 41.8 Å². The third kappa shape index (κ3) is 3.76. The van der Waals surface area contributed by atoms with Gasteiger partial charge >= 0.3 is 0 Å². The maximum Gasteiger partial charge on any atom is 0.201 e. The number of benzene rings is 2. The van der Waals surface area contributed by atoms with Gasteiger partial charge in [-0.1, -0.05) is 45.2 Å². The Morgan fingerprint density at radius 2 is 1.86 bits per heavy atom. The van der Waals surface area contributed by atoms with Gasteiger partial charge in [0.15, 0.2) is 11.6 Å². The summed E-state index contributed by atoms with van der Waals surface area (Å²) in [6.45, 7) is 4.47. The van der Waals surface area contributed by atoms with Crippen molar-refractivity contribution in [3.63, 3.8) is 0 Å². The van der Waals surface area contributed by atoms with Crippen LogP contribution in [-0.4, -0.2) is 7.11 Å². The van der Waals surface area contributed by atoms with E-state index in [9.17, 15) is 8.78 Å². The Morgan fingerprint density at radius 1 is 1.09 bits per heavy atom. The van der Waals surface area contributed by atoms with Crippen LogP contribution in [0, 0.1) is 17.6 Å². The summed E-state index contributed by atoms with van der Waals surface area (Å²) < 4.78 is 32.8. The van der Waals surface area contributed by atoms with Gasteiger partial charge in [0, 0.05) is 5.39 Å². The molecule has 3 heteroatoms. The van der Waals surface area contributed by atoms with Gasteiger partial charge in [-0.15, -0.1) is 0 Å². The van der Waals surface area contributed by atoms with Gasteiger partial charge in [0.05, 0.1) is 7.11 Å². The normalized spacial score (nSPS) is 12.6. The first-order valence-electron chi connectivity index (χ1n) is 8.01. The summed E-state index contributed by atoms with van der Waals surface area (Å²) in [6, 6.07) is 7.13. The molecule has 22 heavy (non-hydrogen) atoms. The second-order valence-electron chi connectivity index (χ2n) is 6.05. The lowest BCUT2D eigenvalue weighted by Gasteiger charge is -2.11. The highest BCUT2D eigenvalue weighted by molar-refractivity contribution is 5.85. The van der Waals surface area contributed by atoms with E-state index in [4.69, 9.17) is 4.74 Å². The van der Waals surface area contributed by atoms with Crippen LogP contribution in [0.5, 0.6) is 5.75 Å². The molecule has 0 saturated carbocycles. The molecule has 0 N–H and O–H groups in total. The Bertz CT molecular complexity index is 637. The summed E-state index contributed by atoms with van der Waals surface area (Å²) in [5.74, 6) is -1.06. The Hall–Kier alpha value is -1.64. The van der Waals surface area contributed by atoms with E-state index in [1.807, 2.05) is 12.1 Å². The number of hydrogen-bond acceptors (Lipinski definition) is 1. The van der Waals surface area contributed by atoms with Crippen LogP contribution in [0.2, 0.25) is 0 Å². The first-order chi connectivity index (χ1) is 10.6. The van der Waals surface area contributed by atoms with Gasteiger partial charge in [0.2, 0.25) is 5.82 Å². The van der Waals surface area contributed by atoms with Gasteiger partial charge < -0.3 is 4.74 Å². The lowest BCUT2D eigenvalue weighted by Crippen LogP contribution is -1.97. The van der Waals surface area contributed by atoms with Crippen LogP contribution >= 0.6 is 0 Å². The molecule has 0 aliphatic carbocycles. The molecule has 2 aromatic carbocycles. The van der Waals surface area contributed by atoms with Crippen molar-refractivity contribution in [1.29, 1.82) is 0 Å². The molecule has 0 fully saturated rings. The van der Waals surface area contributed by atoms with E-state index in [2.05, 4.69) is 13.8 Å². The SMILES string of the molecule is CCCC(C)CCCc1ccc2cc(OC)c(F)c(F)c2c1. The highest BCUT2D eigenvalue weighted by atomic mass is 19.2. The van der Waals surface area contributed by atoms with Crippen molar-refractivity contribution >= 4 is 10.8 Å². The van der Waals surface area contributed by atoms with Crippen LogP contribution in [0.4, 0.5) is 8.78 Å². The minimum absolute atomic E-state index is 0.0499. The quantitative estimate of drug-likeness (QED) is 0.620. The van der Waals surface area contributed by atoms with E-state index >= 15 is 0 Å². The number of hydrogen-bond donors (Lipinski definition) is 0. The fourth-order valence-corrected chi connectivity index (χ4v) is 2.95. The Kier molecular flexibility index (Phi) is 5.76. The standard InChI is InChI=1S/C19H24F2O/c1-4-6-13(2)7-5-8-14-9-10-15-12-17(22-3)19(21)18(20)16(15)11-14/h9-13H,4-8H2,1-3H3. The first kappa shape index (κ1) is 16.7. The molecule has 0 bridgehead atoms. The van der Waals surface area contributed by atoms with E-state index < -0.39 is 11.6 Å². The van der Waals surface area contributed by atoms with Crippen molar-refractivity contribution in [2.45, 2.75) is 46.0 Å². The minimum atomic E-state index is -0.913. The molecule has 2 rings (SSSR count). The van der Waals surface area contributed by atoms with Gasteiger partial charge in [-0.3, -0.25) is 0 Å². The number of rotatable bonds is 7. The smallest absolute Gasteiger partial charge is 0.201 e. The molecular formula is C19H24F2O. The Labute approximate surface area is 131 Å². The van der Waals surface area contributed by atoms with Crippen LogP contribution in [0.15, 0.2) is 24.3 Å². The van der Waals surface area contributed by atoms with Gasteiger partial charge in [0.1, 0.15) is 0 Å². The molecular weight excluding hydrogens is 282 g/mol. The van der Waals surface area contributed by atoms with Crippen molar-refractivity contribution in [1.82, 2.24) is 0 Å². The summed E-state index contributed by atoms with van der Waals surface area (Å²) in [4.78, 5) is 0. The highest BCUT2D eigenvalue weighted by Gasteiger charge is 2.14. The largest absolute Gasteiger partial charge is 0.494 e. The lowest BCUT2D eigenvalue weighted by atomic mass is 9.96. The zero-order valence-corrected chi connectivity index (χ0v) is 13.6. The molecule has 1 nitrogen and oxygen atoms in total.